The first kappa shape index (κ1) is 16.3. The molecule has 2 amide bonds. The fourth-order valence-corrected chi connectivity index (χ4v) is 1.97. The molecule has 20 heavy (non-hydrogen) atoms. The molecule has 0 spiro atoms. The van der Waals surface area contributed by atoms with Gasteiger partial charge in [0.15, 0.2) is 0 Å². The van der Waals surface area contributed by atoms with Crippen LogP contribution in [0.4, 0.5) is 16.2 Å². The van der Waals surface area contributed by atoms with Crippen molar-refractivity contribution >= 4 is 17.4 Å². The van der Waals surface area contributed by atoms with Crippen molar-refractivity contribution in [2.24, 2.45) is 0 Å². The van der Waals surface area contributed by atoms with E-state index in [1.165, 1.54) is 0 Å². The number of nitrogens with one attached hydrogen (secondary N) is 2. The Morgan fingerprint density at radius 1 is 1.35 bits per heavy atom. The van der Waals surface area contributed by atoms with Crippen LogP contribution >= 0.6 is 0 Å². The third-order valence-electron chi connectivity index (χ3n) is 3.49. The molecule has 0 aromatic heterocycles. The highest BCUT2D eigenvalue weighted by Gasteiger charge is 2.23. The van der Waals surface area contributed by atoms with Gasteiger partial charge in [-0.15, -0.1) is 0 Å². The largest absolute Gasteiger partial charge is 0.396 e. The van der Waals surface area contributed by atoms with Gasteiger partial charge in [0.2, 0.25) is 0 Å². The predicted octanol–water partition coefficient (Wildman–Crippen LogP) is 2.43. The summed E-state index contributed by atoms with van der Waals surface area (Å²) in [4.78, 5) is 14.1. The number of aliphatic hydroxyl groups excluding tert-OH is 1. The molecule has 0 radical (unpaired) electrons. The van der Waals surface area contributed by atoms with Crippen LogP contribution in [-0.4, -0.2) is 37.4 Å². The molecule has 0 fully saturated rings. The third-order valence-corrected chi connectivity index (χ3v) is 3.49. The van der Waals surface area contributed by atoms with Crippen LogP contribution in [0.25, 0.3) is 0 Å². The van der Waals surface area contributed by atoms with E-state index >= 15 is 0 Å². The number of rotatable bonds is 6. The van der Waals surface area contributed by atoms with Crippen molar-refractivity contribution in [3.8, 4) is 0 Å². The lowest BCUT2D eigenvalue weighted by atomic mass is 9.95. The summed E-state index contributed by atoms with van der Waals surface area (Å²) >= 11 is 0. The number of carbonyl (C=O) groups excluding carboxylic acids is 1. The number of anilines is 2. The second-order valence-electron chi connectivity index (χ2n) is 5.38. The molecule has 1 atom stereocenters. The van der Waals surface area contributed by atoms with Crippen molar-refractivity contribution in [2.75, 3.05) is 30.9 Å². The van der Waals surface area contributed by atoms with Crippen molar-refractivity contribution in [1.82, 2.24) is 5.32 Å². The summed E-state index contributed by atoms with van der Waals surface area (Å²) in [5, 5.41) is 14.9. The monoisotopic (exact) mass is 279 g/mol. The lowest BCUT2D eigenvalue weighted by Gasteiger charge is -2.29. The van der Waals surface area contributed by atoms with Crippen LogP contribution in [-0.2, 0) is 0 Å². The molecular weight excluding hydrogens is 254 g/mol. The van der Waals surface area contributed by atoms with Crippen molar-refractivity contribution < 1.29 is 9.90 Å². The number of amides is 2. The van der Waals surface area contributed by atoms with E-state index in [-0.39, 0.29) is 12.6 Å². The summed E-state index contributed by atoms with van der Waals surface area (Å²) in [5.41, 5.74) is 1.31. The van der Waals surface area contributed by atoms with E-state index in [0.717, 1.165) is 17.8 Å². The lowest BCUT2D eigenvalue weighted by molar-refractivity contribution is 0.208. The summed E-state index contributed by atoms with van der Waals surface area (Å²) in [6.07, 6.45) is 1.29. The standard InChI is InChI=1S/C15H25N3O2/c1-5-15(2,10-11-19)17-14(20)16-12-8-6-7-9-13(12)18(3)4/h6-9,19H,5,10-11H2,1-4H3,(H2,16,17,20). The van der Waals surface area contributed by atoms with E-state index in [4.69, 9.17) is 5.11 Å². The minimum absolute atomic E-state index is 0.0545. The quantitative estimate of drug-likeness (QED) is 0.749. The number of carbonyl (C=O) groups is 1. The Labute approximate surface area is 121 Å². The smallest absolute Gasteiger partial charge is 0.319 e. The Morgan fingerprint density at radius 2 is 2.00 bits per heavy atom. The van der Waals surface area contributed by atoms with Gasteiger partial charge in [-0.25, -0.2) is 4.79 Å². The van der Waals surface area contributed by atoms with Gasteiger partial charge in [0.05, 0.1) is 11.4 Å². The number of hydrogen-bond acceptors (Lipinski definition) is 3. The minimum Gasteiger partial charge on any atom is -0.396 e. The molecule has 5 heteroatoms. The molecule has 0 heterocycles. The summed E-state index contributed by atoms with van der Waals surface area (Å²) in [5.74, 6) is 0. The van der Waals surface area contributed by atoms with Gasteiger partial charge >= 0.3 is 6.03 Å². The zero-order valence-corrected chi connectivity index (χ0v) is 12.7. The first-order valence-electron chi connectivity index (χ1n) is 6.88. The highest BCUT2D eigenvalue weighted by molar-refractivity contribution is 5.93. The molecule has 1 aromatic carbocycles. The average molecular weight is 279 g/mol. The van der Waals surface area contributed by atoms with E-state index < -0.39 is 5.54 Å². The Morgan fingerprint density at radius 3 is 2.55 bits per heavy atom. The van der Waals surface area contributed by atoms with Gasteiger partial charge in [0.1, 0.15) is 0 Å². The summed E-state index contributed by atoms with van der Waals surface area (Å²) in [6.45, 7) is 3.98. The minimum atomic E-state index is -0.397. The topological polar surface area (TPSA) is 64.6 Å². The molecule has 1 unspecified atom stereocenters. The van der Waals surface area contributed by atoms with Crippen LogP contribution in [0.2, 0.25) is 0 Å². The van der Waals surface area contributed by atoms with Gasteiger partial charge in [-0.2, -0.15) is 0 Å². The van der Waals surface area contributed by atoms with Crippen molar-refractivity contribution in [1.29, 1.82) is 0 Å². The zero-order chi connectivity index (χ0) is 15.2. The number of hydrogen-bond donors (Lipinski definition) is 3. The Balaban J connectivity index is 2.76. The third kappa shape index (κ3) is 4.42. The van der Waals surface area contributed by atoms with Gasteiger partial charge in [-0.05, 0) is 31.9 Å². The normalized spacial score (nSPS) is 13.4. The van der Waals surface area contributed by atoms with E-state index in [2.05, 4.69) is 10.6 Å². The van der Waals surface area contributed by atoms with Gasteiger partial charge in [0.25, 0.3) is 0 Å². The number of nitrogens with zero attached hydrogens (tertiary/aromatic N) is 1. The summed E-state index contributed by atoms with van der Waals surface area (Å²) in [6, 6.07) is 7.37. The lowest BCUT2D eigenvalue weighted by Crippen LogP contribution is -2.48. The van der Waals surface area contributed by atoms with E-state index in [0.29, 0.717) is 6.42 Å². The second kappa shape index (κ2) is 7.14. The van der Waals surface area contributed by atoms with E-state index in [1.807, 2.05) is 57.1 Å². The molecule has 0 aliphatic carbocycles. The van der Waals surface area contributed by atoms with Crippen LogP contribution in [0.1, 0.15) is 26.7 Å². The summed E-state index contributed by atoms with van der Waals surface area (Å²) in [7, 11) is 3.86. The second-order valence-corrected chi connectivity index (χ2v) is 5.38. The van der Waals surface area contributed by atoms with Crippen molar-refractivity contribution in [2.45, 2.75) is 32.2 Å². The fraction of sp³-hybridized carbons (Fsp3) is 0.533. The van der Waals surface area contributed by atoms with Crippen LogP contribution < -0.4 is 15.5 Å². The highest BCUT2D eigenvalue weighted by Crippen LogP contribution is 2.23. The van der Waals surface area contributed by atoms with Gasteiger partial charge in [-0.1, -0.05) is 19.1 Å². The number of benzene rings is 1. The molecule has 0 saturated heterocycles. The fourth-order valence-electron chi connectivity index (χ4n) is 1.97. The van der Waals surface area contributed by atoms with Crippen LogP contribution in [0, 0.1) is 0 Å². The summed E-state index contributed by atoms with van der Waals surface area (Å²) < 4.78 is 0. The molecule has 0 saturated carbocycles. The zero-order valence-electron chi connectivity index (χ0n) is 12.7. The van der Waals surface area contributed by atoms with Crippen LogP contribution in [0.3, 0.4) is 0 Å². The molecule has 0 bridgehead atoms. The molecule has 5 nitrogen and oxygen atoms in total. The van der Waals surface area contributed by atoms with Crippen LogP contribution in [0.5, 0.6) is 0 Å². The maximum atomic E-state index is 12.1. The maximum absolute atomic E-state index is 12.1. The molecular formula is C15H25N3O2. The maximum Gasteiger partial charge on any atom is 0.319 e. The SMILES string of the molecule is CCC(C)(CCO)NC(=O)Nc1ccccc1N(C)C. The Bertz CT molecular complexity index is 448. The first-order chi connectivity index (χ1) is 9.41. The molecule has 1 rings (SSSR count). The number of para-hydroxylation sites is 2. The predicted molar refractivity (Wildman–Crippen MR) is 83.3 cm³/mol. The van der Waals surface area contributed by atoms with E-state index in [1.54, 1.807) is 0 Å². The van der Waals surface area contributed by atoms with Crippen molar-refractivity contribution in [3.05, 3.63) is 24.3 Å². The Hall–Kier alpha value is -1.75. The van der Waals surface area contributed by atoms with Crippen LogP contribution in [0.15, 0.2) is 24.3 Å². The molecule has 0 aliphatic rings. The molecule has 1 aromatic rings. The highest BCUT2D eigenvalue weighted by atomic mass is 16.3. The molecule has 3 N–H and O–H groups in total. The first-order valence-corrected chi connectivity index (χ1v) is 6.88. The number of urea groups is 1. The van der Waals surface area contributed by atoms with Gasteiger partial charge in [0, 0.05) is 26.2 Å². The molecule has 112 valence electrons. The molecule has 0 aliphatic heterocycles. The average Bonchev–Trinajstić information content (AvgIpc) is 2.39. The van der Waals surface area contributed by atoms with Gasteiger partial charge < -0.3 is 20.6 Å². The van der Waals surface area contributed by atoms with E-state index in [9.17, 15) is 4.79 Å². The van der Waals surface area contributed by atoms with Gasteiger partial charge in [-0.3, -0.25) is 0 Å². The number of aliphatic hydroxyl groups is 1. The van der Waals surface area contributed by atoms with Crippen molar-refractivity contribution in [3.63, 3.8) is 0 Å². The Kier molecular flexibility index (Phi) is 5.82.